The number of fused-ring (bicyclic) bond motifs is 2. The molecule has 0 N–H and O–H groups in total. The van der Waals surface area contributed by atoms with E-state index < -0.39 is 10.9 Å². The Morgan fingerprint density at radius 1 is 1.18 bits per heavy atom. The first kappa shape index (κ1) is 13.8. The third kappa shape index (κ3) is 2.31. The molecule has 0 spiro atoms. The van der Waals surface area contributed by atoms with Gasteiger partial charge in [0, 0.05) is 17.2 Å². The number of hydrogen-bond acceptors (Lipinski definition) is 5. The van der Waals surface area contributed by atoms with Crippen molar-refractivity contribution >= 4 is 23.8 Å². The molecule has 1 aliphatic heterocycles. The number of rotatable bonds is 2. The van der Waals surface area contributed by atoms with Crippen molar-refractivity contribution < 1.29 is 19.2 Å². The van der Waals surface area contributed by atoms with E-state index in [1.165, 1.54) is 19.2 Å². The molecule has 6 heteroatoms. The highest BCUT2D eigenvalue weighted by atomic mass is 16.6. The smallest absolute Gasteiger partial charge is 0.338 e. The van der Waals surface area contributed by atoms with Crippen LogP contribution in [0.1, 0.15) is 21.5 Å². The Morgan fingerprint density at radius 2 is 1.95 bits per heavy atom. The van der Waals surface area contributed by atoms with Crippen LogP contribution in [0.3, 0.4) is 0 Å². The number of carbonyl (C=O) groups excluding carboxylic acids is 1. The topological polar surface area (TPSA) is 78.7 Å². The van der Waals surface area contributed by atoms with Crippen molar-refractivity contribution in [3.8, 4) is 11.5 Å². The summed E-state index contributed by atoms with van der Waals surface area (Å²) in [5.41, 5.74) is 1.13. The van der Waals surface area contributed by atoms with Crippen molar-refractivity contribution in [1.82, 2.24) is 0 Å². The highest BCUT2D eigenvalue weighted by Crippen LogP contribution is 2.38. The molecule has 3 rings (SSSR count). The van der Waals surface area contributed by atoms with Crippen LogP contribution in [0.2, 0.25) is 0 Å². The van der Waals surface area contributed by atoms with Crippen molar-refractivity contribution in [3.05, 3.63) is 63.2 Å². The molecule has 0 bridgehead atoms. The number of non-ortho nitro benzene ring substituents is 1. The number of esters is 1. The zero-order valence-electron chi connectivity index (χ0n) is 11.6. The number of hydrogen-bond donors (Lipinski definition) is 0. The molecule has 0 aliphatic carbocycles. The van der Waals surface area contributed by atoms with E-state index in [0.717, 1.165) is 5.56 Å². The van der Waals surface area contributed by atoms with Crippen LogP contribution in [0.5, 0.6) is 11.5 Å². The monoisotopic (exact) mass is 297 g/mol. The minimum atomic E-state index is -0.654. The molecule has 0 atom stereocenters. The van der Waals surface area contributed by atoms with Crippen LogP contribution >= 0.6 is 0 Å². The standard InChI is InChI=1S/C16H11NO5/c1-21-16(18)13-8-11(17(19)20)9-15-12(13)7-6-10-4-2-3-5-14(10)22-15/h2-9H,1H3. The number of nitro benzene ring substituents is 1. The summed E-state index contributed by atoms with van der Waals surface area (Å²) in [6.45, 7) is 0. The average Bonchev–Trinajstić information content (AvgIpc) is 2.71. The summed E-state index contributed by atoms with van der Waals surface area (Å²) in [6.07, 6.45) is 3.48. The number of benzene rings is 2. The van der Waals surface area contributed by atoms with Crippen molar-refractivity contribution in [2.45, 2.75) is 0 Å². The summed E-state index contributed by atoms with van der Waals surface area (Å²) in [4.78, 5) is 22.4. The summed E-state index contributed by atoms with van der Waals surface area (Å²) in [5.74, 6) is 0.156. The molecule has 0 radical (unpaired) electrons. The van der Waals surface area contributed by atoms with Gasteiger partial charge in [-0.1, -0.05) is 24.3 Å². The Kier molecular flexibility index (Phi) is 3.34. The SMILES string of the molecule is COC(=O)c1cc([N+](=O)[O-])cc2c1C=Cc1ccccc1O2. The number of para-hydroxylation sites is 1. The van der Waals surface area contributed by atoms with Gasteiger partial charge >= 0.3 is 5.97 Å². The third-order valence-electron chi connectivity index (χ3n) is 3.31. The van der Waals surface area contributed by atoms with Crippen molar-refractivity contribution in [2.75, 3.05) is 7.11 Å². The molecule has 0 unspecified atom stereocenters. The fourth-order valence-corrected chi connectivity index (χ4v) is 2.26. The molecule has 0 fully saturated rings. The van der Waals surface area contributed by atoms with Gasteiger partial charge in [-0.05, 0) is 12.1 Å². The molecule has 2 aromatic rings. The highest BCUT2D eigenvalue weighted by molar-refractivity contribution is 5.97. The number of ether oxygens (including phenoxy) is 2. The van der Waals surface area contributed by atoms with E-state index in [1.807, 2.05) is 12.1 Å². The van der Waals surface area contributed by atoms with Gasteiger partial charge in [0.1, 0.15) is 11.5 Å². The van der Waals surface area contributed by atoms with E-state index in [-0.39, 0.29) is 17.0 Å². The maximum Gasteiger partial charge on any atom is 0.338 e. The Morgan fingerprint density at radius 3 is 2.68 bits per heavy atom. The second-order valence-corrected chi connectivity index (χ2v) is 4.63. The van der Waals surface area contributed by atoms with Crippen molar-refractivity contribution in [1.29, 1.82) is 0 Å². The van der Waals surface area contributed by atoms with Crippen LogP contribution in [0.15, 0.2) is 36.4 Å². The largest absolute Gasteiger partial charge is 0.465 e. The maximum atomic E-state index is 11.9. The molecule has 0 aromatic heterocycles. The Hall–Kier alpha value is -3.15. The fourth-order valence-electron chi connectivity index (χ4n) is 2.26. The number of nitro groups is 1. The Bertz CT molecular complexity index is 810. The summed E-state index contributed by atoms with van der Waals surface area (Å²) < 4.78 is 10.5. The molecule has 1 aliphatic rings. The lowest BCUT2D eigenvalue weighted by Gasteiger charge is -2.11. The van der Waals surface area contributed by atoms with Crippen LogP contribution in [-0.4, -0.2) is 18.0 Å². The van der Waals surface area contributed by atoms with Gasteiger partial charge in [0.15, 0.2) is 0 Å². The summed E-state index contributed by atoms with van der Waals surface area (Å²) in [6, 6.07) is 9.75. The fraction of sp³-hybridized carbons (Fsp3) is 0.0625. The van der Waals surface area contributed by atoms with Crippen LogP contribution in [-0.2, 0) is 4.74 Å². The minimum Gasteiger partial charge on any atom is -0.465 e. The summed E-state index contributed by atoms with van der Waals surface area (Å²) in [7, 11) is 1.23. The van der Waals surface area contributed by atoms with E-state index >= 15 is 0 Å². The van der Waals surface area contributed by atoms with E-state index in [9.17, 15) is 14.9 Å². The highest BCUT2D eigenvalue weighted by Gasteiger charge is 2.23. The van der Waals surface area contributed by atoms with Gasteiger partial charge in [0.05, 0.1) is 23.7 Å². The van der Waals surface area contributed by atoms with Gasteiger partial charge in [0.25, 0.3) is 5.69 Å². The second-order valence-electron chi connectivity index (χ2n) is 4.63. The lowest BCUT2D eigenvalue weighted by atomic mass is 10.0. The van der Waals surface area contributed by atoms with E-state index in [4.69, 9.17) is 9.47 Å². The predicted octanol–water partition coefficient (Wildman–Crippen LogP) is 3.66. The molecule has 1 heterocycles. The van der Waals surface area contributed by atoms with Crippen LogP contribution in [0.25, 0.3) is 12.2 Å². The van der Waals surface area contributed by atoms with Gasteiger partial charge in [-0.2, -0.15) is 0 Å². The van der Waals surface area contributed by atoms with Crippen molar-refractivity contribution in [2.24, 2.45) is 0 Å². The van der Waals surface area contributed by atoms with E-state index in [1.54, 1.807) is 24.3 Å². The molecule has 0 saturated heterocycles. The average molecular weight is 297 g/mol. The molecule has 6 nitrogen and oxygen atoms in total. The summed E-state index contributed by atoms with van der Waals surface area (Å²) in [5, 5.41) is 11.1. The lowest BCUT2D eigenvalue weighted by molar-refractivity contribution is -0.385. The zero-order chi connectivity index (χ0) is 15.7. The van der Waals surface area contributed by atoms with Crippen LogP contribution in [0, 0.1) is 10.1 Å². The summed E-state index contributed by atoms with van der Waals surface area (Å²) >= 11 is 0. The Balaban J connectivity index is 2.23. The molecule has 110 valence electrons. The van der Waals surface area contributed by atoms with Crippen molar-refractivity contribution in [3.63, 3.8) is 0 Å². The van der Waals surface area contributed by atoms with Gasteiger partial charge in [-0.3, -0.25) is 10.1 Å². The van der Waals surface area contributed by atoms with Gasteiger partial charge in [-0.25, -0.2) is 4.79 Å². The minimum absolute atomic E-state index is 0.0933. The van der Waals surface area contributed by atoms with Gasteiger partial charge in [-0.15, -0.1) is 0 Å². The van der Waals surface area contributed by atoms with Crippen LogP contribution < -0.4 is 4.74 Å². The first-order valence-corrected chi connectivity index (χ1v) is 6.46. The van der Waals surface area contributed by atoms with E-state index in [2.05, 4.69) is 0 Å². The number of methoxy groups -OCH3 is 1. The van der Waals surface area contributed by atoms with E-state index in [0.29, 0.717) is 11.3 Å². The molecule has 2 aromatic carbocycles. The lowest BCUT2D eigenvalue weighted by Crippen LogP contribution is -2.06. The normalized spacial score (nSPS) is 11.7. The number of carbonyl (C=O) groups is 1. The molecular formula is C16H11NO5. The molecule has 22 heavy (non-hydrogen) atoms. The Labute approximate surface area is 125 Å². The first-order valence-electron chi connectivity index (χ1n) is 6.46. The molecule has 0 amide bonds. The predicted molar refractivity (Wildman–Crippen MR) is 79.9 cm³/mol. The number of nitrogens with zero attached hydrogens (tertiary/aromatic N) is 1. The second kappa shape index (κ2) is 5.33. The maximum absolute atomic E-state index is 11.9. The quantitative estimate of drug-likeness (QED) is 0.410. The first-order chi connectivity index (χ1) is 10.6. The molecule has 0 saturated carbocycles. The molecular weight excluding hydrogens is 286 g/mol. The third-order valence-corrected chi connectivity index (χ3v) is 3.31. The van der Waals surface area contributed by atoms with Crippen LogP contribution in [0.4, 0.5) is 5.69 Å². The van der Waals surface area contributed by atoms with Gasteiger partial charge < -0.3 is 9.47 Å². The van der Waals surface area contributed by atoms with Gasteiger partial charge in [0.2, 0.25) is 0 Å². The zero-order valence-corrected chi connectivity index (χ0v) is 11.6.